The highest BCUT2D eigenvalue weighted by molar-refractivity contribution is 5.76. The molecule has 1 amide bonds. The van der Waals surface area contributed by atoms with Crippen LogP contribution in [-0.4, -0.2) is 51.6 Å². The van der Waals surface area contributed by atoms with Crippen LogP contribution in [0.3, 0.4) is 0 Å². The van der Waals surface area contributed by atoms with Crippen LogP contribution in [0.5, 0.6) is 0 Å². The van der Waals surface area contributed by atoms with Crippen molar-refractivity contribution in [3.8, 4) is 0 Å². The van der Waals surface area contributed by atoms with Gasteiger partial charge in [0.05, 0.1) is 0 Å². The lowest BCUT2D eigenvalue weighted by Gasteiger charge is -2.36. The molecule has 4 rings (SSSR count). The lowest BCUT2D eigenvalue weighted by atomic mass is 10.2. The van der Waals surface area contributed by atoms with Crippen molar-refractivity contribution in [2.24, 2.45) is 0 Å². The number of hydrogen-bond donors (Lipinski definition) is 0. The molecule has 2 aromatic heterocycles. The summed E-state index contributed by atoms with van der Waals surface area (Å²) in [7, 11) is 0. The molecule has 0 bridgehead atoms. The topological polar surface area (TPSA) is 53.7 Å². The summed E-state index contributed by atoms with van der Waals surface area (Å²) in [4.78, 5) is 16.6. The van der Waals surface area contributed by atoms with Gasteiger partial charge in [-0.3, -0.25) is 9.20 Å². The molecule has 0 N–H and O–H groups in total. The van der Waals surface area contributed by atoms with E-state index in [2.05, 4.69) is 15.1 Å². The molecule has 0 aliphatic carbocycles. The predicted molar refractivity (Wildman–Crippen MR) is 101 cm³/mol. The molecule has 0 spiro atoms. The number of nitrogens with zero attached hydrogens (tertiary/aromatic N) is 5. The van der Waals surface area contributed by atoms with Crippen LogP contribution in [0.25, 0.3) is 5.65 Å². The first kappa shape index (κ1) is 17.5. The summed E-state index contributed by atoms with van der Waals surface area (Å²) in [6, 6.07) is 12.3. The number of rotatable bonds is 5. The molecule has 140 valence electrons. The molecule has 0 atom stereocenters. The van der Waals surface area contributed by atoms with E-state index in [1.807, 2.05) is 33.7 Å². The Morgan fingerprint density at radius 3 is 2.56 bits per heavy atom. The second-order valence-electron chi connectivity index (χ2n) is 6.74. The van der Waals surface area contributed by atoms with Crippen LogP contribution < -0.4 is 4.90 Å². The first-order valence-electron chi connectivity index (χ1n) is 9.28. The Hall–Kier alpha value is -2.96. The highest BCUT2D eigenvalue weighted by Crippen LogP contribution is 2.17. The maximum absolute atomic E-state index is 13.0. The minimum absolute atomic E-state index is 0.183. The van der Waals surface area contributed by atoms with E-state index in [0.717, 1.165) is 43.1 Å². The van der Waals surface area contributed by atoms with Crippen LogP contribution >= 0.6 is 0 Å². The van der Waals surface area contributed by atoms with Crippen LogP contribution in [0, 0.1) is 5.82 Å². The fourth-order valence-electron chi connectivity index (χ4n) is 3.48. The zero-order valence-electron chi connectivity index (χ0n) is 15.1. The van der Waals surface area contributed by atoms with Crippen molar-refractivity contribution in [3.05, 3.63) is 60.3 Å². The van der Waals surface area contributed by atoms with Gasteiger partial charge in [0.2, 0.25) is 5.91 Å². The van der Waals surface area contributed by atoms with Crippen molar-refractivity contribution < 1.29 is 9.18 Å². The van der Waals surface area contributed by atoms with Gasteiger partial charge in [0.25, 0.3) is 0 Å². The van der Waals surface area contributed by atoms with Crippen LogP contribution in [0.1, 0.15) is 18.7 Å². The minimum Gasteiger partial charge on any atom is -0.368 e. The van der Waals surface area contributed by atoms with E-state index >= 15 is 0 Å². The lowest BCUT2D eigenvalue weighted by molar-refractivity contribution is -0.131. The normalized spacial score (nSPS) is 14.7. The zero-order chi connectivity index (χ0) is 18.6. The number of carbonyl (C=O) groups excluding carboxylic acids is 1. The molecular formula is C20H22FN5O. The van der Waals surface area contributed by atoms with Crippen molar-refractivity contribution in [1.29, 1.82) is 0 Å². The van der Waals surface area contributed by atoms with Crippen LogP contribution in [0.4, 0.5) is 10.1 Å². The summed E-state index contributed by atoms with van der Waals surface area (Å²) in [6.07, 6.45) is 3.94. The Kier molecular flexibility index (Phi) is 5.00. The monoisotopic (exact) mass is 367 g/mol. The molecule has 1 aliphatic heterocycles. The van der Waals surface area contributed by atoms with Crippen molar-refractivity contribution in [1.82, 2.24) is 19.5 Å². The van der Waals surface area contributed by atoms with Crippen molar-refractivity contribution in [2.45, 2.75) is 19.3 Å². The number of amides is 1. The van der Waals surface area contributed by atoms with Gasteiger partial charge >= 0.3 is 0 Å². The van der Waals surface area contributed by atoms with Gasteiger partial charge in [0.15, 0.2) is 5.65 Å². The Balaban J connectivity index is 1.25. The van der Waals surface area contributed by atoms with Gasteiger partial charge in [0.1, 0.15) is 11.6 Å². The van der Waals surface area contributed by atoms with Crippen LogP contribution in [0.2, 0.25) is 0 Å². The summed E-state index contributed by atoms with van der Waals surface area (Å²) < 4.78 is 15.0. The fraction of sp³-hybridized carbons (Fsp3) is 0.350. The number of hydrogen-bond acceptors (Lipinski definition) is 4. The van der Waals surface area contributed by atoms with Gasteiger partial charge in [-0.1, -0.05) is 6.07 Å². The second-order valence-corrected chi connectivity index (χ2v) is 6.74. The first-order chi connectivity index (χ1) is 13.2. The van der Waals surface area contributed by atoms with E-state index in [1.165, 1.54) is 12.1 Å². The van der Waals surface area contributed by atoms with E-state index in [1.54, 1.807) is 12.1 Å². The van der Waals surface area contributed by atoms with Crippen LogP contribution in [0.15, 0.2) is 48.7 Å². The van der Waals surface area contributed by atoms with Gasteiger partial charge in [-0.15, -0.1) is 10.2 Å². The van der Waals surface area contributed by atoms with Gasteiger partial charge < -0.3 is 9.80 Å². The molecule has 3 aromatic rings. The zero-order valence-corrected chi connectivity index (χ0v) is 15.1. The molecule has 0 saturated carbocycles. The smallest absolute Gasteiger partial charge is 0.222 e. The van der Waals surface area contributed by atoms with E-state index in [0.29, 0.717) is 19.5 Å². The quantitative estimate of drug-likeness (QED) is 0.695. The van der Waals surface area contributed by atoms with Crippen molar-refractivity contribution in [3.63, 3.8) is 0 Å². The van der Waals surface area contributed by atoms with Gasteiger partial charge in [-0.05, 0) is 42.8 Å². The maximum atomic E-state index is 13.0. The molecule has 1 aromatic carbocycles. The molecule has 1 aliphatic rings. The number of anilines is 1. The predicted octanol–water partition coefficient (Wildman–Crippen LogP) is 2.54. The number of piperazine rings is 1. The minimum atomic E-state index is -0.229. The summed E-state index contributed by atoms with van der Waals surface area (Å²) in [5.41, 5.74) is 1.83. The maximum Gasteiger partial charge on any atom is 0.222 e. The Bertz CT molecular complexity index is 916. The largest absolute Gasteiger partial charge is 0.368 e. The first-order valence-corrected chi connectivity index (χ1v) is 9.28. The van der Waals surface area contributed by atoms with Gasteiger partial charge in [-0.2, -0.15) is 0 Å². The number of aryl methyl sites for hydroxylation is 1. The van der Waals surface area contributed by atoms with E-state index in [-0.39, 0.29) is 11.7 Å². The lowest BCUT2D eigenvalue weighted by Crippen LogP contribution is -2.48. The number of pyridine rings is 1. The van der Waals surface area contributed by atoms with E-state index in [9.17, 15) is 9.18 Å². The number of halogens is 1. The molecule has 7 heteroatoms. The summed E-state index contributed by atoms with van der Waals surface area (Å²) in [5.74, 6) is 0.843. The molecular weight excluding hydrogens is 345 g/mol. The molecule has 1 saturated heterocycles. The fourth-order valence-corrected chi connectivity index (χ4v) is 3.48. The third-order valence-corrected chi connectivity index (χ3v) is 5.00. The van der Waals surface area contributed by atoms with Crippen molar-refractivity contribution in [2.75, 3.05) is 31.1 Å². The van der Waals surface area contributed by atoms with Crippen molar-refractivity contribution >= 4 is 17.2 Å². The molecule has 27 heavy (non-hydrogen) atoms. The molecule has 3 heterocycles. The third kappa shape index (κ3) is 3.92. The van der Waals surface area contributed by atoms with E-state index in [4.69, 9.17) is 0 Å². The summed E-state index contributed by atoms with van der Waals surface area (Å²) in [5, 5.41) is 8.35. The summed E-state index contributed by atoms with van der Waals surface area (Å²) in [6.45, 7) is 2.94. The Morgan fingerprint density at radius 1 is 1.00 bits per heavy atom. The number of fused-ring (bicyclic) bond motifs is 1. The second kappa shape index (κ2) is 7.73. The highest BCUT2D eigenvalue weighted by atomic mass is 19.1. The molecule has 0 unspecified atom stereocenters. The number of aromatic nitrogens is 3. The standard InChI is InChI=1S/C20H22FN5O/c21-16-7-9-17(10-8-16)24-12-14-25(15-13-24)20(27)6-3-5-19-23-22-18-4-1-2-11-26(18)19/h1-2,4,7-11H,3,5-6,12-15H2. The number of benzene rings is 1. The third-order valence-electron chi connectivity index (χ3n) is 5.00. The van der Waals surface area contributed by atoms with Gasteiger partial charge in [0, 0.05) is 50.9 Å². The SMILES string of the molecule is O=C(CCCc1nnc2ccccn12)N1CCN(c2ccc(F)cc2)CC1. The molecule has 1 fully saturated rings. The molecule has 0 radical (unpaired) electrons. The van der Waals surface area contributed by atoms with E-state index < -0.39 is 0 Å². The Morgan fingerprint density at radius 2 is 1.78 bits per heavy atom. The highest BCUT2D eigenvalue weighted by Gasteiger charge is 2.21. The average molecular weight is 367 g/mol. The average Bonchev–Trinajstić information content (AvgIpc) is 3.12. The molecule has 6 nitrogen and oxygen atoms in total. The summed E-state index contributed by atoms with van der Waals surface area (Å²) >= 11 is 0. The Labute approximate surface area is 157 Å². The van der Waals surface area contributed by atoms with Crippen LogP contribution in [-0.2, 0) is 11.2 Å². The van der Waals surface area contributed by atoms with Gasteiger partial charge in [-0.25, -0.2) is 4.39 Å². The number of carbonyl (C=O) groups is 1.